The van der Waals surface area contributed by atoms with Crippen LogP contribution in [-0.4, -0.2) is 63.5 Å². The van der Waals surface area contributed by atoms with Crippen molar-refractivity contribution in [2.45, 2.75) is 53.1 Å². The summed E-state index contributed by atoms with van der Waals surface area (Å²) >= 11 is 0. The number of hydrogen-bond donors (Lipinski definition) is 1. The summed E-state index contributed by atoms with van der Waals surface area (Å²) in [5.41, 5.74) is 0. The average Bonchev–Trinajstić information content (AvgIpc) is 2.46. The summed E-state index contributed by atoms with van der Waals surface area (Å²) in [7, 11) is 0. The molecular formula is C18H40N2O2. The van der Waals surface area contributed by atoms with Crippen LogP contribution in [-0.2, 0) is 9.47 Å². The molecule has 0 aromatic rings. The van der Waals surface area contributed by atoms with Crippen molar-refractivity contribution >= 4 is 0 Å². The molecule has 1 heterocycles. The Morgan fingerprint density at radius 3 is 2.73 bits per heavy atom. The molecule has 1 rings (SSSR count). The van der Waals surface area contributed by atoms with Crippen molar-refractivity contribution in [3.63, 3.8) is 0 Å². The van der Waals surface area contributed by atoms with E-state index in [-0.39, 0.29) is 1.43 Å². The van der Waals surface area contributed by atoms with Gasteiger partial charge in [-0.15, -0.1) is 0 Å². The number of nitrogens with one attached hydrogen (secondary N) is 1. The Morgan fingerprint density at radius 2 is 2.00 bits per heavy atom. The summed E-state index contributed by atoms with van der Waals surface area (Å²) in [6, 6.07) is 0. The predicted octanol–water partition coefficient (Wildman–Crippen LogP) is 3.02. The maximum absolute atomic E-state index is 5.83. The summed E-state index contributed by atoms with van der Waals surface area (Å²) in [5, 5.41) is 3.49. The Kier molecular flexibility index (Phi) is 11.1. The fourth-order valence-corrected chi connectivity index (χ4v) is 2.69. The van der Waals surface area contributed by atoms with Gasteiger partial charge in [0.05, 0.1) is 19.3 Å². The first-order chi connectivity index (χ1) is 10.6. The first-order valence-corrected chi connectivity index (χ1v) is 9.20. The largest absolute Gasteiger partial charge is 0.380 e. The van der Waals surface area contributed by atoms with Gasteiger partial charge in [-0.25, -0.2) is 0 Å². The molecular weight excluding hydrogens is 276 g/mol. The quantitative estimate of drug-likeness (QED) is 0.561. The molecule has 1 N–H and O–H groups in total. The second kappa shape index (κ2) is 12.3. The topological polar surface area (TPSA) is 33.7 Å². The molecule has 0 unspecified atom stereocenters. The van der Waals surface area contributed by atoms with Crippen LogP contribution in [0.3, 0.4) is 0 Å². The van der Waals surface area contributed by atoms with Gasteiger partial charge >= 0.3 is 0 Å². The lowest BCUT2D eigenvalue weighted by molar-refractivity contribution is -0.0351. The highest BCUT2D eigenvalue weighted by Gasteiger charge is 2.19. The zero-order valence-electron chi connectivity index (χ0n) is 15.3. The molecule has 22 heavy (non-hydrogen) atoms. The lowest BCUT2D eigenvalue weighted by Crippen LogP contribution is -2.47. The standard InChI is InChI=1S/C18H38N2O2.H2/c1-16(2)7-5-6-10-21-11-8-20-9-12-22-18(15-20)14-19-13-17(3)4;/h16-19H,5-15H2,1-4H3;1H/t18-;/m1./s1. The van der Waals surface area contributed by atoms with Gasteiger partial charge in [-0.2, -0.15) is 0 Å². The third kappa shape index (κ3) is 10.5. The van der Waals surface area contributed by atoms with Crippen molar-refractivity contribution in [2.75, 3.05) is 52.5 Å². The average molecular weight is 317 g/mol. The molecule has 0 radical (unpaired) electrons. The van der Waals surface area contributed by atoms with Gasteiger partial charge < -0.3 is 14.8 Å². The molecule has 0 aliphatic carbocycles. The van der Waals surface area contributed by atoms with Crippen LogP contribution in [0.2, 0.25) is 0 Å². The van der Waals surface area contributed by atoms with Gasteiger partial charge in [-0.1, -0.05) is 40.5 Å². The van der Waals surface area contributed by atoms with Crippen LogP contribution in [0.5, 0.6) is 0 Å². The van der Waals surface area contributed by atoms with E-state index in [1.165, 1.54) is 19.3 Å². The van der Waals surface area contributed by atoms with Crippen LogP contribution >= 0.6 is 0 Å². The van der Waals surface area contributed by atoms with E-state index in [0.717, 1.165) is 58.5 Å². The van der Waals surface area contributed by atoms with Crippen molar-refractivity contribution in [1.29, 1.82) is 0 Å². The van der Waals surface area contributed by atoms with E-state index in [2.05, 4.69) is 37.9 Å². The Hall–Kier alpha value is -0.160. The summed E-state index contributed by atoms with van der Waals surface area (Å²) in [6.45, 7) is 16.8. The zero-order chi connectivity index (χ0) is 16.2. The second-order valence-electron chi connectivity index (χ2n) is 7.35. The number of unbranched alkanes of at least 4 members (excludes halogenated alkanes) is 1. The van der Waals surface area contributed by atoms with Crippen molar-refractivity contribution in [3.8, 4) is 0 Å². The normalized spacial score (nSPS) is 20.2. The number of morpholine rings is 1. The molecule has 0 spiro atoms. The van der Waals surface area contributed by atoms with Crippen molar-refractivity contribution in [3.05, 3.63) is 0 Å². The zero-order valence-corrected chi connectivity index (χ0v) is 15.3. The molecule has 1 atom stereocenters. The van der Waals surface area contributed by atoms with Crippen molar-refractivity contribution in [1.82, 2.24) is 10.2 Å². The lowest BCUT2D eigenvalue weighted by Gasteiger charge is -2.33. The molecule has 0 saturated carbocycles. The summed E-state index contributed by atoms with van der Waals surface area (Å²) in [4.78, 5) is 2.47. The van der Waals surface area contributed by atoms with Gasteiger partial charge in [0.15, 0.2) is 0 Å². The van der Waals surface area contributed by atoms with E-state index in [9.17, 15) is 0 Å². The Labute approximate surface area is 139 Å². The lowest BCUT2D eigenvalue weighted by atomic mass is 10.1. The molecule has 0 amide bonds. The number of hydrogen-bond acceptors (Lipinski definition) is 4. The number of nitrogens with zero attached hydrogens (tertiary/aromatic N) is 1. The Bertz CT molecular complexity index is 265. The third-order valence-corrected chi connectivity index (χ3v) is 4.02. The fraction of sp³-hybridized carbons (Fsp3) is 1.00. The van der Waals surface area contributed by atoms with E-state index in [1.807, 2.05) is 0 Å². The molecule has 4 heteroatoms. The molecule has 1 aliphatic rings. The van der Waals surface area contributed by atoms with Gasteiger partial charge in [-0.05, 0) is 24.8 Å². The smallest absolute Gasteiger partial charge is 0.0826 e. The third-order valence-electron chi connectivity index (χ3n) is 4.02. The fourth-order valence-electron chi connectivity index (χ4n) is 2.69. The van der Waals surface area contributed by atoms with Crippen LogP contribution in [0, 0.1) is 11.8 Å². The van der Waals surface area contributed by atoms with Gasteiger partial charge in [0.25, 0.3) is 0 Å². The minimum Gasteiger partial charge on any atom is -0.380 e. The van der Waals surface area contributed by atoms with Gasteiger partial charge in [-0.3, -0.25) is 4.90 Å². The van der Waals surface area contributed by atoms with Gasteiger partial charge in [0.2, 0.25) is 0 Å². The Balaban J connectivity index is 0.00000484. The highest BCUT2D eigenvalue weighted by Crippen LogP contribution is 2.07. The van der Waals surface area contributed by atoms with Crippen LogP contribution in [0.1, 0.15) is 48.4 Å². The highest BCUT2D eigenvalue weighted by molar-refractivity contribution is 4.73. The second-order valence-corrected chi connectivity index (χ2v) is 7.35. The maximum atomic E-state index is 5.83. The summed E-state index contributed by atoms with van der Waals surface area (Å²) < 4.78 is 11.6. The molecule has 134 valence electrons. The van der Waals surface area contributed by atoms with E-state index < -0.39 is 0 Å². The monoisotopic (exact) mass is 316 g/mol. The SMILES string of the molecule is CC(C)CCCCOCCN1CCO[C@H](CNCC(C)C)C1.[HH]. The van der Waals surface area contributed by atoms with Crippen molar-refractivity contribution < 1.29 is 10.9 Å². The first-order valence-electron chi connectivity index (χ1n) is 9.20. The van der Waals surface area contributed by atoms with Crippen LogP contribution in [0.4, 0.5) is 0 Å². The number of ether oxygens (including phenoxy) is 2. The molecule has 1 aliphatic heterocycles. The van der Waals surface area contributed by atoms with E-state index in [4.69, 9.17) is 9.47 Å². The summed E-state index contributed by atoms with van der Waals surface area (Å²) in [6.07, 6.45) is 4.14. The maximum Gasteiger partial charge on any atom is 0.0826 e. The first kappa shape index (κ1) is 19.9. The number of rotatable bonds is 12. The molecule has 4 nitrogen and oxygen atoms in total. The van der Waals surface area contributed by atoms with E-state index in [1.54, 1.807) is 0 Å². The predicted molar refractivity (Wildman–Crippen MR) is 95.5 cm³/mol. The van der Waals surface area contributed by atoms with Crippen LogP contribution < -0.4 is 5.32 Å². The molecule has 1 fully saturated rings. The highest BCUT2D eigenvalue weighted by atomic mass is 16.5. The van der Waals surface area contributed by atoms with Crippen LogP contribution in [0.25, 0.3) is 0 Å². The van der Waals surface area contributed by atoms with E-state index in [0.29, 0.717) is 12.0 Å². The van der Waals surface area contributed by atoms with E-state index >= 15 is 0 Å². The summed E-state index contributed by atoms with van der Waals surface area (Å²) in [5.74, 6) is 1.51. The van der Waals surface area contributed by atoms with Crippen LogP contribution in [0.15, 0.2) is 0 Å². The minimum atomic E-state index is 0. The molecule has 0 aromatic heterocycles. The minimum absolute atomic E-state index is 0. The molecule has 0 bridgehead atoms. The van der Waals surface area contributed by atoms with Gasteiger partial charge in [0, 0.05) is 34.2 Å². The molecule has 1 saturated heterocycles. The Morgan fingerprint density at radius 1 is 1.18 bits per heavy atom. The molecule has 0 aromatic carbocycles. The van der Waals surface area contributed by atoms with Gasteiger partial charge in [0.1, 0.15) is 0 Å². The van der Waals surface area contributed by atoms with Crippen molar-refractivity contribution in [2.24, 2.45) is 11.8 Å².